The summed E-state index contributed by atoms with van der Waals surface area (Å²) in [6, 6.07) is 8.96. The van der Waals surface area contributed by atoms with Gasteiger partial charge in [0.1, 0.15) is 0 Å². The Morgan fingerprint density at radius 3 is 2.60 bits per heavy atom. The Labute approximate surface area is 154 Å². The maximum absolute atomic E-state index is 13.1. The number of benzene rings is 1. The Morgan fingerprint density at radius 2 is 1.92 bits per heavy atom. The molecule has 4 heterocycles. The summed E-state index contributed by atoms with van der Waals surface area (Å²) >= 11 is 1.69. The van der Waals surface area contributed by atoms with Crippen LogP contribution in [-0.2, 0) is 0 Å². The molecule has 3 saturated heterocycles. The van der Waals surface area contributed by atoms with Crippen LogP contribution in [0.25, 0.3) is 10.1 Å². The summed E-state index contributed by atoms with van der Waals surface area (Å²) in [4.78, 5) is 16.6. The summed E-state index contributed by atoms with van der Waals surface area (Å²) < 4.78 is 1.26. The van der Waals surface area contributed by atoms with Crippen LogP contribution in [0.15, 0.2) is 24.3 Å². The highest BCUT2D eigenvalue weighted by atomic mass is 32.1. The van der Waals surface area contributed by atoms with Gasteiger partial charge in [0.2, 0.25) is 0 Å². The molecule has 132 valence electrons. The lowest BCUT2D eigenvalue weighted by molar-refractivity contribution is -0.0643. The van der Waals surface area contributed by atoms with E-state index in [2.05, 4.69) is 43.0 Å². The van der Waals surface area contributed by atoms with Gasteiger partial charge in [-0.05, 0) is 93.5 Å². The number of piperidine rings is 3. The van der Waals surface area contributed by atoms with Crippen LogP contribution in [0.3, 0.4) is 0 Å². The zero-order chi connectivity index (χ0) is 17.2. The molecule has 6 rings (SSSR count). The van der Waals surface area contributed by atoms with Crippen molar-refractivity contribution in [3.05, 3.63) is 34.7 Å². The molecule has 1 saturated carbocycles. The van der Waals surface area contributed by atoms with E-state index in [9.17, 15) is 4.79 Å². The summed E-state index contributed by atoms with van der Waals surface area (Å²) in [5.74, 6) is 2.38. The van der Waals surface area contributed by atoms with Gasteiger partial charge >= 0.3 is 0 Å². The highest BCUT2D eigenvalue weighted by molar-refractivity contribution is 7.20. The van der Waals surface area contributed by atoms with Crippen LogP contribution in [0.1, 0.15) is 67.1 Å². The van der Waals surface area contributed by atoms with Crippen LogP contribution in [0.2, 0.25) is 0 Å². The van der Waals surface area contributed by atoms with Crippen molar-refractivity contribution in [2.24, 2.45) is 11.8 Å². The van der Waals surface area contributed by atoms with Gasteiger partial charge in [-0.15, -0.1) is 11.3 Å². The van der Waals surface area contributed by atoms with Gasteiger partial charge in [0.25, 0.3) is 0 Å². The number of Topliss-reactive ketones (excluding diaryl/α,β-unsaturated/α-hetero) is 1. The normalized spacial score (nSPS) is 30.7. The molecule has 0 radical (unpaired) electrons. The Balaban J connectivity index is 1.39. The number of ketones is 1. The second kappa shape index (κ2) is 5.65. The maximum Gasteiger partial charge on any atom is 0.173 e. The topological polar surface area (TPSA) is 20.3 Å². The SMILES string of the molecule is CC1(C)[C@H](CC(=O)c2cc3cc(C4CC4)ccc3s2)C2CCN1CC2. The number of hydrogen-bond donors (Lipinski definition) is 0. The number of nitrogens with zero attached hydrogens (tertiary/aromatic N) is 1. The third-order valence-electron chi connectivity index (χ3n) is 7.10. The molecule has 2 nitrogen and oxygen atoms in total. The van der Waals surface area contributed by atoms with Crippen molar-refractivity contribution in [2.75, 3.05) is 13.1 Å². The van der Waals surface area contributed by atoms with Crippen molar-refractivity contribution in [3.63, 3.8) is 0 Å². The van der Waals surface area contributed by atoms with E-state index < -0.39 is 0 Å². The first kappa shape index (κ1) is 16.0. The van der Waals surface area contributed by atoms with Crippen molar-refractivity contribution < 1.29 is 4.79 Å². The van der Waals surface area contributed by atoms with Gasteiger partial charge in [-0.2, -0.15) is 0 Å². The molecule has 3 aliphatic heterocycles. The molecule has 4 aliphatic rings. The Bertz CT molecular complexity index is 824. The lowest BCUT2D eigenvalue weighted by atomic mass is 9.65. The minimum absolute atomic E-state index is 0.173. The first-order valence-corrected chi connectivity index (χ1v) is 10.7. The molecule has 0 amide bonds. The average Bonchev–Trinajstić information content (AvgIpc) is 3.36. The van der Waals surface area contributed by atoms with Crippen molar-refractivity contribution in [1.82, 2.24) is 4.90 Å². The molecule has 1 atom stereocenters. The predicted molar refractivity (Wildman–Crippen MR) is 105 cm³/mol. The minimum atomic E-state index is 0.173. The van der Waals surface area contributed by atoms with Crippen LogP contribution in [0, 0.1) is 11.8 Å². The summed E-state index contributed by atoms with van der Waals surface area (Å²) in [7, 11) is 0. The van der Waals surface area contributed by atoms with Crippen LogP contribution in [0.5, 0.6) is 0 Å². The molecule has 2 aromatic rings. The quantitative estimate of drug-likeness (QED) is 0.679. The molecule has 3 heteroatoms. The van der Waals surface area contributed by atoms with Gasteiger partial charge < -0.3 is 0 Å². The standard InChI is InChI=1S/C22H27NOS/c1-22(2)18(15-7-9-23(22)10-8-15)13-19(24)21-12-17-11-16(14-3-4-14)5-6-20(17)25-21/h5-6,11-12,14-15,18H,3-4,7-10,13H2,1-2H3/t18-/m1/s1. The summed E-state index contributed by atoms with van der Waals surface area (Å²) in [6.07, 6.45) is 5.93. The van der Waals surface area contributed by atoms with Gasteiger partial charge in [0.15, 0.2) is 5.78 Å². The van der Waals surface area contributed by atoms with Crippen LogP contribution in [0.4, 0.5) is 0 Å². The molecule has 4 fully saturated rings. The van der Waals surface area contributed by atoms with E-state index in [4.69, 9.17) is 0 Å². The number of hydrogen-bond acceptors (Lipinski definition) is 3. The van der Waals surface area contributed by atoms with E-state index in [1.165, 1.54) is 54.4 Å². The Morgan fingerprint density at radius 1 is 1.16 bits per heavy atom. The van der Waals surface area contributed by atoms with E-state index in [-0.39, 0.29) is 5.54 Å². The molecular formula is C22H27NOS. The lowest BCUT2D eigenvalue weighted by Gasteiger charge is -2.56. The van der Waals surface area contributed by atoms with E-state index in [0.29, 0.717) is 11.7 Å². The van der Waals surface area contributed by atoms with Crippen LogP contribution >= 0.6 is 11.3 Å². The van der Waals surface area contributed by atoms with E-state index in [1.54, 1.807) is 11.3 Å². The lowest BCUT2D eigenvalue weighted by Crippen LogP contribution is -2.61. The molecular weight excluding hydrogens is 326 g/mol. The highest BCUT2D eigenvalue weighted by Gasteiger charge is 2.48. The Hall–Kier alpha value is -1.19. The van der Waals surface area contributed by atoms with Gasteiger partial charge in [0, 0.05) is 16.7 Å². The molecule has 25 heavy (non-hydrogen) atoms. The third-order valence-corrected chi connectivity index (χ3v) is 8.26. The van der Waals surface area contributed by atoms with E-state index >= 15 is 0 Å². The fourth-order valence-corrected chi connectivity index (χ4v) is 6.27. The third kappa shape index (κ3) is 2.67. The molecule has 0 unspecified atom stereocenters. The Kier molecular flexibility index (Phi) is 3.62. The summed E-state index contributed by atoms with van der Waals surface area (Å²) in [6.45, 7) is 7.14. The number of carbonyl (C=O) groups excluding carboxylic acids is 1. The zero-order valence-electron chi connectivity index (χ0n) is 15.3. The second-order valence-electron chi connectivity index (χ2n) is 8.89. The fourth-order valence-electron chi connectivity index (χ4n) is 5.28. The van der Waals surface area contributed by atoms with Gasteiger partial charge in [-0.3, -0.25) is 9.69 Å². The first-order chi connectivity index (χ1) is 12.0. The van der Waals surface area contributed by atoms with Crippen LogP contribution in [-0.4, -0.2) is 29.3 Å². The van der Waals surface area contributed by atoms with Crippen molar-refractivity contribution in [1.29, 1.82) is 0 Å². The number of carbonyl (C=O) groups is 1. The van der Waals surface area contributed by atoms with Crippen molar-refractivity contribution in [3.8, 4) is 0 Å². The molecule has 0 spiro atoms. The van der Waals surface area contributed by atoms with Crippen LogP contribution < -0.4 is 0 Å². The molecule has 2 bridgehead atoms. The van der Waals surface area contributed by atoms with Gasteiger partial charge in [-0.25, -0.2) is 0 Å². The van der Waals surface area contributed by atoms with Crippen molar-refractivity contribution in [2.45, 2.75) is 57.4 Å². The largest absolute Gasteiger partial charge is 0.298 e. The summed E-state index contributed by atoms with van der Waals surface area (Å²) in [5, 5.41) is 1.27. The van der Waals surface area contributed by atoms with E-state index in [0.717, 1.165) is 23.1 Å². The maximum atomic E-state index is 13.1. The monoisotopic (exact) mass is 353 g/mol. The average molecular weight is 354 g/mol. The van der Waals surface area contributed by atoms with Gasteiger partial charge in [0.05, 0.1) is 4.88 Å². The molecule has 1 aromatic heterocycles. The fraction of sp³-hybridized carbons (Fsp3) is 0.591. The highest BCUT2D eigenvalue weighted by Crippen LogP contribution is 2.46. The van der Waals surface area contributed by atoms with Gasteiger partial charge in [-0.1, -0.05) is 12.1 Å². The molecule has 0 N–H and O–H groups in total. The smallest absolute Gasteiger partial charge is 0.173 e. The minimum Gasteiger partial charge on any atom is -0.298 e. The number of thiophene rings is 1. The van der Waals surface area contributed by atoms with E-state index in [1.807, 2.05) is 0 Å². The molecule has 1 aliphatic carbocycles. The second-order valence-corrected chi connectivity index (χ2v) is 9.98. The zero-order valence-corrected chi connectivity index (χ0v) is 16.1. The summed E-state index contributed by atoms with van der Waals surface area (Å²) in [5.41, 5.74) is 1.63. The number of fused-ring (bicyclic) bond motifs is 4. The van der Waals surface area contributed by atoms with Crippen molar-refractivity contribution >= 4 is 27.2 Å². The first-order valence-electron chi connectivity index (χ1n) is 9.84. The molecule has 1 aromatic carbocycles. The number of rotatable bonds is 4. The predicted octanol–water partition coefficient (Wildman–Crippen LogP) is 5.47.